The number of ether oxygens (including phenoxy) is 1. The van der Waals surface area contributed by atoms with E-state index < -0.39 is 15.6 Å². The van der Waals surface area contributed by atoms with E-state index in [4.69, 9.17) is 4.74 Å². The molecule has 5 rings (SSSR count). The number of aromatic nitrogens is 1. The van der Waals surface area contributed by atoms with E-state index >= 15 is 0 Å². The summed E-state index contributed by atoms with van der Waals surface area (Å²) in [6, 6.07) is 26.9. The number of para-hydroxylation sites is 2. The molecular weight excluding hydrogens is 514 g/mol. The van der Waals surface area contributed by atoms with E-state index in [-0.39, 0.29) is 22.2 Å². The van der Waals surface area contributed by atoms with Crippen LogP contribution in [0, 0.1) is 6.92 Å². The Labute approximate surface area is 225 Å². The first-order chi connectivity index (χ1) is 18.8. The molecule has 39 heavy (non-hydrogen) atoms. The maximum absolute atomic E-state index is 13.5. The van der Waals surface area contributed by atoms with E-state index in [2.05, 4.69) is 9.71 Å². The van der Waals surface area contributed by atoms with Crippen molar-refractivity contribution in [3.05, 3.63) is 119 Å². The highest BCUT2D eigenvalue weighted by Gasteiger charge is 2.20. The summed E-state index contributed by atoms with van der Waals surface area (Å²) in [5.74, 6) is -0.0000687. The summed E-state index contributed by atoms with van der Waals surface area (Å²) in [7, 11) is -2.61. The fraction of sp³-hybridized carbons (Fsp3) is 0.0667. The second-order valence-corrected chi connectivity index (χ2v) is 10.5. The normalized spacial score (nSPS) is 11.6. The summed E-state index contributed by atoms with van der Waals surface area (Å²) in [6.07, 6.45) is 1.50. The third-order valence-electron chi connectivity index (χ3n) is 6.22. The largest absolute Gasteiger partial charge is 0.495 e. The van der Waals surface area contributed by atoms with Crippen molar-refractivity contribution in [3.8, 4) is 17.3 Å². The van der Waals surface area contributed by atoms with E-state index in [1.54, 1.807) is 54.6 Å². The second kappa shape index (κ2) is 10.5. The number of aromatic hydroxyl groups is 1. The van der Waals surface area contributed by atoms with Crippen molar-refractivity contribution in [3.63, 3.8) is 0 Å². The Kier molecular flexibility index (Phi) is 6.91. The van der Waals surface area contributed by atoms with Crippen LogP contribution in [0.4, 0.5) is 11.4 Å². The molecule has 8 nitrogen and oxygen atoms in total. The number of sulfonamides is 1. The van der Waals surface area contributed by atoms with Gasteiger partial charge in [-0.3, -0.25) is 14.5 Å². The van der Waals surface area contributed by atoms with Gasteiger partial charge < -0.3 is 9.84 Å². The molecule has 1 aromatic heterocycles. The molecule has 0 bridgehead atoms. The predicted molar refractivity (Wildman–Crippen MR) is 153 cm³/mol. The highest BCUT2D eigenvalue weighted by Crippen LogP contribution is 2.29. The minimum Gasteiger partial charge on any atom is -0.495 e. The molecule has 0 aliphatic rings. The van der Waals surface area contributed by atoms with Crippen molar-refractivity contribution >= 4 is 38.4 Å². The average molecular weight is 540 g/mol. The smallest absolute Gasteiger partial charge is 0.265 e. The Bertz CT molecular complexity index is 1880. The Morgan fingerprint density at radius 3 is 2.33 bits per heavy atom. The molecule has 4 aromatic carbocycles. The molecule has 2 N–H and O–H groups in total. The topological polar surface area (TPSA) is 110 Å². The van der Waals surface area contributed by atoms with Gasteiger partial charge in [0.15, 0.2) is 0 Å². The lowest BCUT2D eigenvalue weighted by molar-refractivity contribution is 0.417. The van der Waals surface area contributed by atoms with E-state index in [0.717, 1.165) is 10.1 Å². The van der Waals surface area contributed by atoms with Gasteiger partial charge in [-0.05, 0) is 55.5 Å². The molecule has 0 radical (unpaired) electrons. The third kappa shape index (κ3) is 5.12. The number of aryl methyl sites for hydroxylation is 1. The Morgan fingerprint density at radius 2 is 1.59 bits per heavy atom. The van der Waals surface area contributed by atoms with E-state index in [9.17, 15) is 18.3 Å². The van der Waals surface area contributed by atoms with Crippen LogP contribution in [0.2, 0.25) is 0 Å². The molecular formula is C30H25N3O5S. The number of hydrogen-bond donors (Lipinski definition) is 2. The zero-order chi connectivity index (χ0) is 27.6. The molecule has 9 heteroatoms. The summed E-state index contributed by atoms with van der Waals surface area (Å²) < 4.78 is 35.4. The van der Waals surface area contributed by atoms with Crippen molar-refractivity contribution in [2.24, 2.45) is 4.99 Å². The van der Waals surface area contributed by atoms with Crippen LogP contribution in [-0.2, 0) is 10.0 Å². The first-order valence-corrected chi connectivity index (χ1v) is 13.5. The number of hydrogen-bond acceptors (Lipinski definition) is 6. The molecule has 0 aliphatic heterocycles. The van der Waals surface area contributed by atoms with Crippen molar-refractivity contribution in [1.82, 2.24) is 4.57 Å². The van der Waals surface area contributed by atoms with Crippen molar-refractivity contribution in [2.75, 3.05) is 11.8 Å². The number of anilines is 1. The van der Waals surface area contributed by atoms with E-state index in [1.807, 2.05) is 31.2 Å². The van der Waals surface area contributed by atoms with Gasteiger partial charge >= 0.3 is 0 Å². The van der Waals surface area contributed by atoms with Crippen LogP contribution >= 0.6 is 0 Å². The lowest BCUT2D eigenvalue weighted by Crippen LogP contribution is -2.21. The number of pyridine rings is 1. The first-order valence-electron chi connectivity index (χ1n) is 12.0. The van der Waals surface area contributed by atoms with Gasteiger partial charge in [-0.2, -0.15) is 0 Å². The number of methoxy groups -OCH3 is 1. The van der Waals surface area contributed by atoms with Crippen LogP contribution in [0.25, 0.3) is 16.5 Å². The van der Waals surface area contributed by atoms with E-state index in [0.29, 0.717) is 27.8 Å². The zero-order valence-electron chi connectivity index (χ0n) is 21.2. The maximum Gasteiger partial charge on any atom is 0.265 e. The quantitative estimate of drug-likeness (QED) is 0.263. The van der Waals surface area contributed by atoms with Gasteiger partial charge in [-0.1, -0.05) is 54.1 Å². The fourth-order valence-corrected chi connectivity index (χ4v) is 5.33. The Hall–Kier alpha value is -4.89. The number of rotatable bonds is 7. The van der Waals surface area contributed by atoms with Gasteiger partial charge in [0, 0.05) is 17.0 Å². The summed E-state index contributed by atoms with van der Waals surface area (Å²) in [4.78, 5) is 17.9. The average Bonchev–Trinajstić information content (AvgIpc) is 2.94. The number of aliphatic imine (C=N–C) groups is 1. The predicted octanol–water partition coefficient (Wildman–Crippen LogP) is 5.56. The van der Waals surface area contributed by atoms with Gasteiger partial charge in [-0.15, -0.1) is 0 Å². The molecule has 0 spiro atoms. The zero-order valence-corrected chi connectivity index (χ0v) is 22.0. The van der Waals surface area contributed by atoms with Crippen LogP contribution < -0.4 is 15.0 Å². The second-order valence-electron chi connectivity index (χ2n) is 8.82. The molecule has 0 saturated heterocycles. The van der Waals surface area contributed by atoms with Crippen molar-refractivity contribution < 1.29 is 18.3 Å². The summed E-state index contributed by atoms with van der Waals surface area (Å²) in [5.41, 5.74) is 2.04. The molecule has 0 atom stereocenters. The van der Waals surface area contributed by atoms with Crippen molar-refractivity contribution in [2.45, 2.75) is 11.8 Å². The lowest BCUT2D eigenvalue weighted by atomic mass is 10.1. The Morgan fingerprint density at radius 1 is 0.897 bits per heavy atom. The highest BCUT2D eigenvalue weighted by atomic mass is 32.2. The maximum atomic E-state index is 13.5. The molecule has 1 heterocycles. The van der Waals surface area contributed by atoms with Crippen LogP contribution in [0.1, 0.15) is 11.1 Å². The van der Waals surface area contributed by atoms with Gasteiger partial charge in [0.2, 0.25) is 5.88 Å². The SMILES string of the molecule is COc1ccccc1NS(=O)(=O)c1cccc(-n2c(O)c(C=Nc3ccc(C)cc3)c3ccccc3c2=O)c1. The highest BCUT2D eigenvalue weighted by molar-refractivity contribution is 7.92. The minimum atomic E-state index is -4.06. The molecule has 0 unspecified atom stereocenters. The third-order valence-corrected chi connectivity index (χ3v) is 7.58. The van der Waals surface area contributed by atoms with Crippen LogP contribution in [0.3, 0.4) is 0 Å². The van der Waals surface area contributed by atoms with Gasteiger partial charge in [0.05, 0.1) is 34.6 Å². The Balaban J connectivity index is 1.63. The number of benzene rings is 4. The van der Waals surface area contributed by atoms with Gasteiger partial charge in [0.1, 0.15) is 5.75 Å². The van der Waals surface area contributed by atoms with Crippen molar-refractivity contribution in [1.29, 1.82) is 0 Å². The fourth-order valence-electron chi connectivity index (χ4n) is 4.22. The number of nitrogens with zero attached hydrogens (tertiary/aromatic N) is 2. The first kappa shape index (κ1) is 25.7. The van der Waals surface area contributed by atoms with Gasteiger partial charge in [-0.25, -0.2) is 13.0 Å². The monoisotopic (exact) mass is 539 g/mol. The number of nitrogens with one attached hydrogen (secondary N) is 1. The summed E-state index contributed by atoms with van der Waals surface area (Å²) >= 11 is 0. The van der Waals surface area contributed by atoms with E-state index in [1.165, 1.54) is 31.5 Å². The molecule has 0 aliphatic carbocycles. The van der Waals surface area contributed by atoms with Crippen LogP contribution in [0.15, 0.2) is 112 Å². The molecule has 5 aromatic rings. The standard InChI is InChI=1S/C30H25N3O5S/c1-20-14-16-21(17-15-20)31-19-26-24-10-3-4-11-25(24)29(34)33(30(26)35)22-8-7-9-23(18-22)39(36,37)32-27-12-5-6-13-28(27)38-2/h3-19,32,35H,1-2H3. The molecule has 0 fully saturated rings. The number of fused-ring (bicyclic) bond motifs is 1. The summed E-state index contributed by atoms with van der Waals surface area (Å²) in [6.45, 7) is 1.98. The molecule has 0 amide bonds. The minimum absolute atomic E-state index is 0.0970. The lowest BCUT2D eigenvalue weighted by Gasteiger charge is -2.15. The van der Waals surface area contributed by atoms with Crippen LogP contribution in [0.5, 0.6) is 11.6 Å². The van der Waals surface area contributed by atoms with Gasteiger partial charge in [0.25, 0.3) is 15.6 Å². The van der Waals surface area contributed by atoms with Crippen LogP contribution in [-0.4, -0.2) is 31.4 Å². The molecule has 196 valence electrons. The molecule has 0 saturated carbocycles. The summed E-state index contributed by atoms with van der Waals surface area (Å²) in [5, 5.41) is 12.2.